The lowest BCUT2D eigenvalue weighted by atomic mass is 9.76. The molecule has 0 aromatic carbocycles. The molecule has 1 N–H and O–H groups in total. The Morgan fingerprint density at radius 3 is 2.56 bits per heavy atom. The number of carbonyl (C=O) groups excluding carboxylic acids is 1. The van der Waals surface area contributed by atoms with Gasteiger partial charge in [-0.2, -0.15) is 0 Å². The molecule has 5 heteroatoms. The number of carboxylic acids is 1. The second kappa shape index (κ2) is 5.69. The average molecular weight is 257 g/mol. The zero-order valence-electron chi connectivity index (χ0n) is 11.6. The summed E-state index contributed by atoms with van der Waals surface area (Å²) in [6, 6.07) is 0.0245. The van der Waals surface area contributed by atoms with Crippen molar-refractivity contribution in [3.05, 3.63) is 0 Å². The topological polar surface area (TPSA) is 66.8 Å². The van der Waals surface area contributed by atoms with E-state index < -0.39 is 11.4 Å². The largest absolute Gasteiger partial charge is 0.481 e. The molecule has 18 heavy (non-hydrogen) atoms. The molecule has 1 rings (SSSR count). The number of rotatable bonds is 4. The summed E-state index contributed by atoms with van der Waals surface area (Å²) < 4.78 is 5.28. The predicted molar refractivity (Wildman–Crippen MR) is 67.2 cm³/mol. The smallest absolute Gasteiger partial charge is 0.310 e. The fourth-order valence-electron chi connectivity index (χ4n) is 2.04. The van der Waals surface area contributed by atoms with Crippen molar-refractivity contribution in [1.29, 1.82) is 0 Å². The van der Waals surface area contributed by atoms with E-state index in [0.717, 1.165) is 0 Å². The first-order valence-corrected chi connectivity index (χ1v) is 6.39. The molecule has 1 fully saturated rings. The number of aliphatic carboxylic acids is 1. The Bertz CT molecular complexity index is 329. The van der Waals surface area contributed by atoms with E-state index in [1.54, 1.807) is 11.8 Å². The van der Waals surface area contributed by atoms with Crippen molar-refractivity contribution in [3.63, 3.8) is 0 Å². The van der Waals surface area contributed by atoms with Gasteiger partial charge in [0.05, 0.1) is 24.7 Å². The Morgan fingerprint density at radius 1 is 1.50 bits per heavy atom. The van der Waals surface area contributed by atoms with Gasteiger partial charge in [0.15, 0.2) is 0 Å². The monoisotopic (exact) mass is 257 g/mol. The minimum atomic E-state index is -1.00. The SMILES string of the molecule is CC1COCCN1C(=O)CC(C)(C(=O)O)C(C)C. The van der Waals surface area contributed by atoms with Crippen LogP contribution < -0.4 is 0 Å². The molecule has 2 atom stereocenters. The normalized spacial score (nSPS) is 23.8. The Labute approximate surface area is 108 Å². The van der Waals surface area contributed by atoms with Gasteiger partial charge in [0.25, 0.3) is 0 Å². The minimum Gasteiger partial charge on any atom is -0.481 e. The van der Waals surface area contributed by atoms with Crippen molar-refractivity contribution >= 4 is 11.9 Å². The first-order valence-electron chi connectivity index (χ1n) is 6.39. The van der Waals surface area contributed by atoms with Crippen LogP contribution in [0, 0.1) is 11.3 Å². The first-order chi connectivity index (χ1) is 8.29. The number of ether oxygens (including phenoxy) is 1. The van der Waals surface area contributed by atoms with E-state index in [0.29, 0.717) is 19.8 Å². The number of carboxylic acid groups (broad SMARTS) is 1. The molecule has 0 aromatic heterocycles. The van der Waals surface area contributed by atoms with Crippen LogP contribution in [-0.4, -0.2) is 47.7 Å². The second-order valence-electron chi connectivity index (χ2n) is 5.57. The van der Waals surface area contributed by atoms with Crippen molar-refractivity contribution < 1.29 is 19.4 Å². The van der Waals surface area contributed by atoms with Crippen LogP contribution in [-0.2, 0) is 14.3 Å². The lowest BCUT2D eigenvalue weighted by Crippen LogP contribution is -2.49. The third-order valence-electron chi connectivity index (χ3n) is 3.97. The van der Waals surface area contributed by atoms with Gasteiger partial charge < -0.3 is 14.7 Å². The summed E-state index contributed by atoms with van der Waals surface area (Å²) in [4.78, 5) is 25.3. The third-order valence-corrected chi connectivity index (χ3v) is 3.97. The zero-order chi connectivity index (χ0) is 13.9. The first kappa shape index (κ1) is 15.0. The molecular weight excluding hydrogens is 234 g/mol. The Morgan fingerprint density at radius 2 is 2.11 bits per heavy atom. The maximum atomic E-state index is 12.2. The number of nitrogens with zero attached hydrogens (tertiary/aromatic N) is 1. The van der Waals surface area contributed by atoms with Crippen molar-refractivity contribution in [2.75, 3.05) is 19.8 Å². The molecule has 0 spiro atoms. The quantitative estimate of drug-likeness (QED) is 0.826. The average Bonchev–Trinajstić information content (AvgIpc) is 2.28. The van der Waals surface area contributed by atoms with E-state index in [4.69, 9.17) is 4.74 Å². The van der Waals surface area contributed by atoms with Crippen LogP contribution in [0.25, 0.3) is 0 Å². The summed E-state index contributed by atoms with van der Waals surface area (Å²) in [6.45, 7) is 8.84. The van der Waals surface area contributed by atoms with Gasteiger partial charge in [0.1, 0.15) is 0 Å². The number of hydrogen-bond donors (Lipinski definition) is 1. The van der Waals surface area contributed by atoms with Crippen LogP contribution in [0.1, 0.15) is 34.1 Å². The van der Waals surface area contributed by atoms with Gasteiger partial charge in [0, 0.05) is 13.0 Å². The number of carbonyl (C=O) groups is 2. The van der Waals surface area contributed by atoms with E-state index in [9.17, 15) is 14.7 Å². The molecule has 1 amide bonds. The van der Waals surface area contributed by atoms with Gasteiger partial charge >= 0.3 is 5.97 Å². The summed E-state index contributed by atoms with van der Waals surface area (Å²) in [5.74, 6) is -1.09. The molecule has 0 bridgehead atoms. The van der Waals surface area contributed by atoms with Gasteiger partial charge in [0.2, 0.25) is 5.91 Å². The molecule has 1 aliphatic rings. The minimum absolute atomic E-state index is 0.0245. The summed E-state index contributed by atoms with van der Waals surface area (Å²) in [5.41, 5.74) is -1.00. The summed E-state index contributed by atoms with van der Waals surface area (Å²) in [6.07, 6.45) is 0.0460. The van der Waals surface area contributed by atoms with E-state index >= 15 is 0 Å². The fraction of sp³-hybridized carbons (Fsp3) is 0.846. The molecule has 1 saturated heterocycles. The van der Waals surface area contributed by atoms with Gasteiger partial charge in [-0.1, -0.05) is 13.8 Å². The molecule has 1 aliphatic heterocycles. The zero-order valence-corrected chi connectivity index (χ0v) is 11.6. The van der Waals surface area contributed by atoms with Crippen LogP contribution in [0.15, 0.2) is 0 Å². The van der Waals surface area contributed by atoms with E-state index in [-0.39, 0.29) is 24.3 Å². The molecule has 5 nitrogen and oxygen atoms in total. The number of hydrogen-bond acceptors (Lipinski definition) is 3. The predicted octanol–water partition coefficient (Wildman–Crippen LogP) is 1.37. The molecule has 0 aromatic rings. The van der Waals surface area contributed by atoms with Crippen LogP contribution in [0.4, 0.5) is 0 Å². The Hall–Kier alpha value is -1.10. The van der Waals surface area contributed by atoms with Crippen molar-refractivity contribution in [3.8, 4) is 0 Å². The van der Waals surface area contributed by atoms with Gasteiger partial charge in [-0.25, -0.2) is 0 Å². The van der Waals surface area contributed by atoms with Crippen LogP contribution >= 0.6 is 0 Å². The number of amides is 1. The molecule has 0 radical (unpaired) electrons. The van der Waals surface area contributed by atoms with Crippen LogP contribution in [0.5, 0.6) is 0 Å². The highest BCUT2D eigenvalue weighted by Crippen LogP contribution is 2.32. The van der Waals surface area contributed by atoms with E-state index in [1.165, 1.54) is 0 Å². The van der Waals surface area contributed by atoms with Crippen molar-refractivity contribution in [1.82, 2.24) is 4.90 Å². The molecule has 2 unspecified atom stereocenters. The Balaban J connectivity index is 2.75. The lowest BCUT2D eigenvalue weighted by Gasteiger charge is -2.36. The van der Waals surface area contributed by atoms with Crippen LogP contribution in [0.3, 0.4) is 0 Å². The maximum Gasteiger partial charge on any atom is 0.310 e. The standard InChI is InChI=1S/C13H23NO4/c1-9(2)13(4,12(16)17)7-11(15)14-5-6-18-8-10(14)3/h9-10H,5-8H2,1-4H3,(H,16,17). The summed E-state index contributed by atoms with van der Waals surface area (Å²) >= 11 is 0. The molecule has 1 heterocycles. The molecular formula is C13H23NO4. The highest BCUT2D eigenvalue weighted by molar-refractivity contribution is 5.85. The second-order valence-corrected chi connectivity index (χ2v) is 5.57. The summed E-state index contributed by atoms with van der Waals surface area (Å²) in [5, 5.41) is 9.32. The van der Waals surface area contributed by atoms with E-state index in [1.807, 2.05) is 20.8 Å². The van der Waals surface area contributed by atoms with E-state index in [2.05, 4.69) is 0 Å². The third kappa shape index (κ3) is 3.02. The van der Waals surface area contributed by atoms with Gasteiger partial charge in [-0.3, -0.25) is 9.59 Å². The maximum absolute atomic E-state index is 12.2. The Kier molecular flexibility index (Phi) is 4.73. The lowest BCUT2D eigenvalue weighted by molar-refractivity contribution is -0.157. The highest BCUT2D eigenvalue weighted by atomic mass is 16.5. The van der Waals surface area contributed by atoms with Crippen molar-refractivity contribution in [2.24, 2.45) is 11.3 Å². The van der Waals surface area contributed by atoms with Gasteiger partial charge in [-0.15, -0.1) is 0 Å². The molecule has 0 aliphatic carbocycles. The van der Waals surface area contributed by atoms with Crippen molar-refractivity contribution in [2.45, 2.75) is 40.2 Å². The number of morpholine rings is 1. The molecule has 0 saturated carbocycles. The van der Waals surface area contributed by atoms with Gasteiger partial charge in [-0.05, 0) is 19.8 Å². The summed E-state index contributed by atoms with van der Waals surface area (Å²) in [7, 11) is 0. The highest BCUT2D eigenvalue weighted by Gasteiger charge is 2.40. The van der Waals surface area contributed by atoms with Crippen LogP contribution in [0.2, 0.25) is 0 Å². The molecule has 104 valence electrons. The fourth-order valence-corrected chi connectivity index (χ4v) is 2.04.